The summed E-state index contributed by atoms with van der Waals surface area (Å²) in [5, 5.41) is 0. The first-order valence-corrected chi connectivity index (χ1v) is 5.10. The van der Waals surface area contributed by atoms with Crippen molar-refractivity contribution in [2.75, 3.05) is 5.73 Å². The first kappa shape index (κ1) is 5.05. The molecule has 16 heavy (non-hydrogen) atoms. The van der Waals surface area contributed by atoms with Gasteiger partial charge in [0.2, 0.25) is 0 Å². The van der Waals surface area contributed by atoms with E-state index in [1.54, 1.807) is 36.4 Å². The van der Waals surface area contributed by atoms with Gasteiger partial charge < -0.3 is 5.73 Å². The molecule has 1 heteroatoms. The molecule has 0 fully saturated rings. The molecular weight excluding hydrogens is 194 g/mol. The Morgan fingerprint density at radius 2 is 1.75 bits per heavy atom. The molecule has 3 rings (SSSR count). The number of benzene rings is 2. The van der Waals surface area contributed by atoms with Gasteiger partial charge >= 0.3 is 0 Å². The van der Waals surface area contributed by atoms with Crippen LogP contribution in [0.15, 0.2) is 42.5 Å². The van der Waals surface area contributed by atoms with E-state index in [0.29, 0.717) is 22.4 Å². The number of anilines is 1. The SMILES string of the molecule is [2H]C([2H])([2H])C1(C([2H])([2H])[2H])c2ccccc2-c2ccc(N)cc21. The number of fused-ring (bicyclic) bond motifs is 3. The summed E-state index contributed by atoms with van der Waals surface area (Å²) >= 11 is 0. The first-order valence-electron chi connectivity index (χ1n) is 8.10. The molecule has 0 atom stereocenters. The third-order valence-electron chi connectivity index (χ3n) is 3.07. The lowest BCUT2D eigenvalue weighted by Crippen LogP contribution is -2.15. The molecule has 0 saturated heterocycles. The second-order valence-electron chi connectivity index (χ2n) is 4.10. The minimum atomic E-state index is -2.73. The van der Waals surface area contributed by atoms with E-state index in [0.717, 1.165) is 0 Å². The van der Waals surface area contributed by atoms with Crippen LogP contribution in [0, 0.1) is 0 Å². The quantitative estimate of drug-likeness (QED) is 0.668. The third-order valence-corrected chi connectivity index (χ3v) is 3.07. The van der Waals surface area contributed by atoms with Crippen molar-refractivity contribution < 1.29 is 8.22 Å². The van der Waals surface area contributed by atoms with Gasteiger partial charge in [-0.3, -0.25) is 0 Å². The topological polar surface area (TPSA) is 26.0 Å². The lowest BCUT2D eigenvalue weighted by atomic mass is 9.82. The van der Waals surface area contributed by atoms with Gasteiger partial charge in [-0.25, -0.2) is 0 Å². The van der Waals surface area contributed by atoms with Crippen LogP contribution in [0.2, 0.25) is 0 Å². The Bertz CT molecular complexity index is 730. The van der Waals surface area contributed by atoms with Crippen LogP contribution in [0.5, 0.6) is 0 Å². The fourth-order valence-corrected chi connectivity index (χ4v) is 2.30. The summed E-state index contributed by atoms with van der Waals surface area (Å²) in [6.45, 7) is -5.46. The molecule has 1 aliphatic carbocycles. The van der Waals surface area contributed by atoms with Crippen molar-refractivity contribution in [1.82, 2.24) is 0 Å². The molecule has 80 valence electrons. The fourth-order valence-electron chi connectivity index (χ4n) is 2.30. The van der Waals surface area contributed by atoms with Gasteiger partial charge in [0.25, 0.3) is 0 Å². The van der Waals surface area contributed by atoms with Crippen molar-refractivity contribution in [3.63, 3.8) is 0 Å². The van der Waals surface area contributed by atoms with E-state index < -0.39 is 19.1 Å². The van der Waals surface area contributed by atoms with Crippen LogP contribution in [-0.2, 0) is 5.41 Å². The van der Waals surface area contributed by atoms with Crippen LogP contribution in [-0.4, -0.2) is 0 Å². The van der Waals surface area contributed by atoms with Crippen molar-refractivity contribution in [1.29, 1.82) is 0 Å². The molecule has 0 spiro atoms. The van der Waals surface area contributed by atoms with Gasteiger partial charge in [-0.05, 0) is 34.4 Å². The molecule has 1 nitrogen and oxygen atoms in total. The predicted octanol–water partition coefficient (Wildman–Crippen LogP) is 3.58. The maximum Gasteiger partial charge on any atom is 0.0317 e. The van der Waals surface area contributed by atoms with E-state index in [4.69, 9.17) is 14.0 Å². The van der Waals surface area contributed by atoms with Crippen molar-refractivity contribution in [3.8, 4) is 11.1 Å². The Morgan fingerprint density at radius 3 is 2.56 bits per heavy atom. The average Bonchev–Trinajstić information content (AvgIpc) is 2.67. The fraction of sp³-hybridized carbons (Fsp3) is 0.200. The van der Waals surface area contributed by atoms with Gasteiger partial charge in [-0.15, -0.1) is 0 Å². The Kier molecular flexibility index (Phi) is 0.909. The minimum Gasteiger partial charge on any atom is -0.399 e. The molecule has 0 amide bonds. The highest BCUT2D eigenvalue weighted by Gasteiger charge is 2.34. The summed E-state index contributed by atoms with van der Waals surface area (Å²) in [6, 6.07) is 11.6. The van der Waals surface area contributed by atoms with Crippen molar-refractivity contribution in [2.24, 2.45) is 0 Å². The number of hydrogen-bond acceptors (Lipinski definition) is 1. The monoisotopic (exact) mass is 215 g/mol. The molecule has 0 unspecified atom stereocenters. The summed E-state index contributed by atoms with van der Waals surface area (Å²) in [5.74, 6) is 0. The van der Waals surface area contributed by atoms with E-state index in [2.05, 4.69) is 0 Å². The van der Waals surface area contributed by atoms with Crippen LogP contribution in [0.3, 0.4) is 0 Å². The zero-order valence-electron chi connectivity index (χ0n) is 14.6. The largest absolute Gasteiger partial charge is 0.399 e. The van der Waals surface area contributed by atoms with E-state index in [1.807, 2.05) is 0 Å². The Balaban J connectivity index is 2.52. The minimum absolute atomic E-state index is 0.258. The lowest BCUT2D eigenvalue weighted by molar-refractivity contribution is 0.660. The second kappa shape index (κ2) is 2.88. The van der Waals surface area contributed by atoms with Gasteiger partial charge in [-0.1, -0.05) is 44.0 Å². The van der Waals surface area contributed by atoms with Gasteiger partial charge in [0.1, 0.15) is 0 Å². The zero-order valence-corrected chi connectivity index (χ0v) is 8.62. The summed E-state index contributed by atoms with van der Waals surface area (Å²) < 4.78 is 48.0. The summed E-state index contributed by atoms with van der Waals surface area (Å²) in [7, 11) is 0. The Labute approximate surface area is 104 Å². The third kappa shape index (κ3) is 1.06. The molecular formula is C15H15N. The Morgan fingerprint density at radius 1 is 1.00 bits per heavy atom. The molecule has 1 aliphatic rings. The zero-order chi connectivity index (χ0) is 16.3. The van der Waals surface area contributed by atoms with Gasteiger partial charge in [0.15, 0.2) is 0 Å². The smallest absolute Gasteiger partial charge is 0.0317 e. The van der Waals surface area contributed by atoms with Crippen LogP contribution in [0.4, 0.5) is 5.69 Å². The highest BCUT2D eigenvalue weighted by molar-refractivity contribution is 5.81. The summed E-state index contributed by atoms with van der Waals surface area (Å²) in [6.07, 6.45) is 0. The first-order chi connectivity index (χ1) is 10.1. The van der Waals surface area contributed by atoms with E-state index in [9.17, 15) is 0 Å². The summed E-state index contributed by atoms with van der Waals surface area (Å²) in [5.41, 5.74) is 5.94. The second-order valence-corrected chi connectivity index (χ2v) is 4.10. The van der Waals surface area contributed by atoms with Crippen LogP contribution < -0.4 is 5.73 Å². The average molecular weight is 215 g/mol. The van der Waals surface area contributed by atoms with Crippen molar-refractivity contribution >= 4 is 5.69 Å². The lowest BCUT2D eigenvalue weighted by Gasteiger charge is -2.21. The molecule has 2 N–H and O–H groups in total. The van der Waals surface area contributed by atoms with Gasteiger partial charge in [-0.2, -0.15) is 0 Å². The molecule has 0 aliphatic heterocycles. The maximum atomic E-state index is 8.00. The molecule has 0 radical (unpaired) electrons. The Hall–Kier alpha value is -1.76. The van der Waals surface area contributed by atoms with Crippen molar-refractivity contribution in [2.45, 2.75) is 19.1 Å². The van der Waals surface area contributed by atoms with Crippen LogP contribution in [0.1, 0.15) is 33.1 Å². The number of nitrogen functional groups attached to an aromatic ring is 1. The van der Waals surface area contributed by atoms with Crippen LogP contribution in [0.25, 0.3) is 11.1 Å². The molecule has 0 aromatic heterocycles. The highest BCUT2D eigenvalue weighted by atomic mass is 14.5. The molecule has 2 aromatic carbocycles. The van der Waals surface area contributed by atoms with E-state index >= 15 is 0 Å². The highest BCUT2D eigenvalue weighted by Crippen LogP contribution is 2.48. The molecule has 0 saturated carbocycles. The standard InChI is InChI=1S/C15H15N/c1-15(2)13-6-4-3-5-11(13)12-8-7-10(16)9-14(12)15/h3-9H,16H2,1-2H3/i1D3,2D3. The van der Waals surface area contributed by atoms with E-state index in [-0.39, 0.29) is 5.56 Å². The number of nitrogens with two attached hydrogens (primary N) is 1. The normalized spacial score (nSPS) is 22.8. The molecule has 0 heterocycles. The predicted molar refractivity (Wildman–Crippen MR) is 68.4 cm³/mol. The van der Waals surface area contributed by atoms with Gasteiger partial charge in [0, 0.05) is 19.3 Å². The van der Waals surface area contributed by atoms with Crippen molar-refractivity contribution in [3.05, 3.63) is 53.6 Å². The maximum absolute atomic E-state index is 8.00. The van der Waals surface area contributed by atoms with E-state index in [1.165, 1.54) is 6.07 Å². The number of hydrogen-bond donors (Lipinski definition) is 1. The molecule has 0 bridgehead atoms. The van der Waals surface area contributed by atoms with Gasteiger partial charge in [0.05, 0.1) is 0 Å². The van der Waals surface area contributed by atoms with Crippen LogP contribution >= 0.6 is 0 Å². The number of rotatable bonds is 0. The summed E-state index contributed by atoms with van der Waals surface area (Å²) in [4.78, 5) is 0. The molecule has 2 aromatic rings.